The Morgan fingerprint density at radius 2 is 1.85 bits per heavy atom. The number of carbonyl (C=O) groups is 1. The first-order valence-electron chi connectivity index (χ1n) is 3.74. The summed E-state index contributed by atoms with van der Waals surface area (Å²) < 4.78 is 0. The van der Waals surface area contributed by atoms with E-state index in [9.17, 15) is 4.79 Å². The van der Waals surface area contributed by atoms with Crippen molar-refractivity contribution in [2.75, 3.05) is 14.1 Å². The quantitative estimate of drug-likeness (QED) is 0.671. The summed E-state index contributed by atoms with van der Waals surface area (Å²) in [5, 5.41) is 0.698. The van der Waals surface area contributed by atoms with Crippen LogP contribution in [0.3, 0.4) is 0 Å². The van der Waals surface area contributed by atoms with Crippen LogP contribution >= 0.6 is 23.4 Å². The fourth-order valence-corrected chi connectivity index (χ4v) is 1.48. The molecule has 0 atom stereocenters. The van der Waals surface area contributed by atoms with Crippen molar-refractivity contribution in [1.82, 2.24) is 4.90 Å². The molecule has 1 aromatic rings. The molecule has 2 nitrogen and oxygen atoms in total. The number of hydrogen-bond acceptors (Lipinski definition) is 2. The van der Waals surface area contributed by atoms with Crippen LogP contribution in [0.5, 0.6) is 0 Å². The highest BCUT2D eigenvalue weighted by Crippen LogP contribution is 2.22. The van der Waals surface area contributed by atoms with Gasteiger partial charge in [-0.3, -0.25) is 4.79 Å². The fraction of sp³-hybridized carbons (Fsp3) is 0.222. The number of thioether (sulfide) groups is 1. The molecule has 0 N–H and O–H groups in total. The van der Waals surface area contributed by atoms with Gasteiger partial charge in [0, 0.05) is 24.0 Å². The number of halogens is 1. The summed E-state index contributed by atoms with van der Waals surface area (Å²) in [6.07, 6.45) is 0. The van der Waals surface area contributed by atoms with Gasteiger partial charge in [-0.2, -0.15) is 0 Å². The third-order valence-corrected chi connectivity index (χ3v) is 2.68. The lowest BCUT2D eigenvalue weighted by Crippen LogP contribution is -2.15. The average Bonchev–Trinajstić information content (AvgIpc) is 2.08. The number of carbonyl (C=O) groups excluding carboxylic acids is 1. The predicted octanol–water partition coefficient (Wildman–Crippen LogP) is 3.11. The summed E-state index contributed by atoms with van der Waals surface area (Å²) >= 11 is 6.89. The molecule has 1 aromatic carbocycles. The lowest BCUT2D eigenvalue weighted by molar-refractivity contribution is 0.241. The second-order valence-corrected chi connectivity index (χ2v) is 4.18. The van der Waals surface area contributed by atoms with Crippen LogP contribution in [0.2, 0.25) is 5.02 Å². The molecule has 13 heavy (non-hydrogen) atoms. The molecular weight excluding hydrogens is 206 g/mol. The molecule has 70 valence electrons. The predicted molar refractivity (Wildman–Crippen MR) is 56.4 cm³/mol. The Hall–Kier alpha value is -0.670. The highest BCUT2D eigenvalue weighted by atomic mass is 35.5. The largest absolute Gasteiger partial charge is 0.339 e. The van der Waals surface area contributed by atoms with Gasteiger partial charge in [-0.05, 0) is 36.0 Å². The van der Waals surface area contributed by atoms with Gasteiger partial charge in [-0.15, -0.1) is 0 Å². The fourth-order valence-electron chi connectivity index (χ4n) is 0.695. The van der Waals surface area contributed by atoms with Crippen LogP contribution in [0.4, 0.5) is 4.79 Å². The van der Waals surface area contributed by atoms with E-state index >= 15 is 0 Å². The zero-order chi connectivity index (χ0) is 9.84. The topological polar surface area (TPSA) is 20.3 Å². The van der Waals surface area contributed by atoms with E-state index in [0.29, 0.717) is 5.02 Å². The Kier molecular flexibility index (Phi) is 3.63. The average molecular weight is 216 g/mol. The molecule has 0 unspecified atom stereocenters. The number of rotatable bonds is 1. The summed E-state index contributed by atoms with van der Waals surface area (Å²) in [5.74, 6) is 0. The van der Waals surface area contributed by atoms with Crippen molar-refractivity contribution in [3.8, 4) is 0 Å². The second kappa shape index (κ2) is 4.53. The number of benzene rings is 1. The molecule has 0 aliphatic heterocycles. The summed E-state index contributed by atoms with van der Waals surface area (Å²) in [5.41, 5.74) is 0. The van der Waals surface area contributed by atoms with Crippen LogP contribution in [0.1, 0.15) is 0 Å². The van der Waals surface area contributed by atoms with Crippen molar-refractivity contribution in [3.63, 3.8) is 0 Å². The Labute approximate surface area is 86.9 Å². The molecular formula is C9H10ClNOS. The first-order valence-corrected chi connectivity index (χ1v) is 4.94. The molecule has 0 bridgehead atoms. The van der Waals surface area contributed by atoms with Crippen molar-refractivity contribution >= 4 is 28.6 Å². The Morgan fingerprint density at radius 1 is 1.31 bits per heavy atom. The lowest BCUT2D eigenvalue weighted by atomic mass is 10.4. The highest BCUT2D eigenvalue weighted by Gasteiger charge is 2.05. The van der Waals surface area contributed by atoms with Gasteiger partial charge >= 0.3 is 0 Å². The Morgan fingerprint density at radius 3 is 2.31 bits per heavy atom. The standard InChI is InChI=1S/C9H10ClNOS/c1-11(2)9(12)13-8-5-3-7(10)4-6-8/h3-6H,1-2H3. The maximum absolute atomic E-state index is 11.3. The van der Waals surface area contributed by atoms with Crippen molar-refractivity contribution < 1.29 is 4.79 Å². The van der Waals surface area contributed by atoms with Crippen molar-refractivity contribution in [2.24, 2.45) is 0 Å². The second-order valence-electron chi connectivity index (χ2n) is 2.72. The molecule has 0 fully saturated rings. The van der Waals surface area contributed by atoms with E-state index in [1.807, 2.05) is 12.1 Å². The molecule has 0 heterocycles. The molecule has 0 spiro atoms. The zero-order valence-corrected chi connectivity index (χ0v) is 9.02. The van der Waals surface area contributed by atoms with Crippen LogP contribution in [0, 0.1) is 0 Å². The van der Waals surface area contributed by atoms with Crippen LogP contribution in [0.15, 0.2) is 29.2 Å². The molecule has 0 aliphatic rings. The van der Waals surface area contributed by atoms with Gasteiger partial charge in [0.25, 0.3) is 5.24 Å². The van der Waals surface area contributed by atoms with E-state index in [4.69, 9.17) is 11.6 Å². The van der Waals surface area contributed by atoms with E-state index in [-0.39, 0.29) is 5.24 Å². The van der Waals surface area contributed by atoms with E-state index in [1.54, 1.807) is 31.1 Å². The number of hydrogen-bond donors (Lipinski definition) is 0. The molecule has 0 radical (unpaired) electrons. The number of amides is 1. The monoisotopic (exact) mass is 215 g/mol. The molecule has 0 saturated heterocycles. The molecule has 1 rings (SSSR count). The minimum Gasteiger partial charge on any atom is -0.339 e. The third kappa shape index (κ3) is 3.28. The van der Waals surface area contributed by atoms with E-state index in [0.717, 1.165) is 4.90 Å². The third-order valence-electron chi connectivity index (χ3n) is 1.38. The summed E-state index contributed by atoms with van der Waals surface area (Å²) in [4.78, 5) is 13.7. The van der Waals surface area contributed by atoms with Gasteiger partial charge in [-0.25, -0.2) is 0 Å². The Balaban J connectivity index is 2.65. The van der Waals surface area contributed by atoms with E-state index in [1.165, 1.54) is 11.8 Å². The van der Waals surface area contributed by atoms with Crippen LogP contribution in [0.25, 0.3) is 0 Å². The van der Waals surface area contributed by atoms with Gasteiger partial charge < -0.3 is 4.90 Å². The normalized spacial score (nSPS) is 9.77. The maximum Gasteiger partial charge on any atom is 0.285 e. The van der Waals surface area contributed by atoms with Gasteiger partial charge in [-0.1, -0.05) is 11.6 Å². The lowest BCUT2D eigenvalue weighted by Gasteiger charge is -2.08. The SMILES string of the molecule is CN(C)C(=O)Sc1ccc(Cl)cc1. The van der Waals surface area contributed by atoms with Gasteiger partial charge in [0.15, 0.2) is 0 Å². The molecule has 0 aromatic heterocycles. The van der Waals surface area contributed by atoms with E-state index < -0.39 is 0 Å². The first kappa shape index (κ1) is 10.4. The number of nitrogens with zero attached hydrogens (tertiary/aromatic N) is 1. The highest BCUT2D eigenvalue weighted by molar-refractivity contribution is 8.13. The van der Waals surface area contributed by atoms with Crippen molar-refractivity contribution in [1.29, 1.82) is 0 Å². The van der Waals surface area contributed by atoms with Crippen molar-refractivity contribution in [2.45, 2.75) is 4.90 Å². The first-order chi connectivity index (χ1) is 6.09. The molecule has 0 saturated carbocycles. The minimum atomic E-state index is 0.0160. The van der Waals surface area contributed by atoms with E-state index in [2.05, 4.69) is 0 Å². The van der Waals surface area contributed by atoms with Crippen LogP contribution < -0.4 is 0 Å². The molecule has 0 aliphatic carbocycles. The van der Waals surface area contributed by atoms with Gasteiger partial charge in [0.2, 0.25) is 0 Å². The minimum absolute atomic E-state index is 0.0160. The van der Waals surface area contributed by atoms with Crippen molar-refractivity contribution in [3.05, 3.63) is 29.3 Å². The maximum atomic E-state index is 11.3. The molecule has 4 heteroatoms. The van der Waals surface area contributed by atoms with Crippen LogP contribution in [-0.4, -0.2) is 24.2 Å². The summed E-state index contributed by atoms with van der Waals surface area (Å²) in [7, 11) is 3.45. The summed E-state index contributed by atoms with van der Waals surface area (Å²) in [6.45, 7) is 0. The van der Waals surface area contributed by atoms with Crippen LogP contribution in [-0.2, 0) is 0 Å². The Bertz CT molecular complexity index is 297. The zero-order valence-electron chi connectivity index (χ0n) is 7.45. The smallest absolute Gasteiger partial charge is 0.285 e. The molecule has 1 amide bonds. The summed E-state index contributed by atoms with van der Waals surface area (Å²) in [6, 6.07) is 7.20. The van der Waals surface area contributed by atoms with Gasteiger partial charge in [0.1, 0.15) is 0 Å². The van der Waals surface area contributed by atoms with Gasteiger partial charge in [0.05, 0.1) is 0 Å².